The molecule has 0 amide bonds. The van der Waals surface area contributed by atoms with Crippen LogP contribution in [0.25, 0.3) is 0 Å². The maximum Gasteiger partial charge on any atom is 0.243 e. The number of nitrogens with two attached hydrogens (primary N) is 2. The van der Waals surface area contributed by atoms with Crippen LogP contribution in [0.2, 0.25) is 0 Å². The first-order valence-corrected chi connectivity index (χ1v) is 12.1. The molecule has 7 heteroatoms. The summed E-state index contributed by atoms with van der Waals surface area (Å²) >= 11 is 3.59. The summed E-state index contributed by atoms with van der Waals surface area (Å²) in [4.78, 5) is 2.48. The Morgan fingerprint density at radius 3 is 2.71 bits per heavy atom. The Labute approximate surface area is 191 Å². The van der Waals surface area contributed by atoms with Gasteiger partial charge in [0.2, 0.25) is 6.33 Å². The predicted molar refractivity (Wildman–Crippen MR) is 129 cm³/mol. The molecule has 0 aliphatic heterocycles. The van der Waals surface area contributed by atoms with Crippen molar-refractivity contribution in [3.8, 4) is 5.75 Å². The van der Waals surface area contributed by atoms with E-state index in [1.165, 1.54) is 4.90 Å². The second-order valence-corrected chi connectivity index (χ2v) is 9.43. The van der Waals surface area contributed by atoms with Crippen molar-refractivity contribution in [3.63, 3.8) is 0 Å². The van der Waals surface area contributed by atoms with E-state index in [4.69, 9.17) is 16.2 Å². The second-order valence-electron chi connectivity index (χ2n) is 7.28. The molecule has 0 bridgehead atoms. The van der Waals surface area contributed by atoms with E-state index in [9.17, 15) is 0 Å². The third kappa shape index (κ3) is 6.06. The zero-order valence-electron chi connectivity index (χ0n) is 17.3. The zero-order chi connectivity index (χ0) is 21.5. The van der Waals surface area contributed by atoms with E-state index >= 15 is 0 Å². The molecule has 4 rings (SSSR count). The molecule has 0 aliphatic carbocycles. The fraction of sp³-hybridized carbons (Fsp3) is 0.208. The molecule has 2 aromatic heterocycles. The van der Waals surface area contributed by atoms with Gasteiger partial charge in [0.15, 0.2) is 6.10 Å². The highest BCUT2D eigenvalue weighted by Crippen LogP contribution is 2.30. The molecule has 0 saturated heterocycles. The van der Waals surface area contributed by atoms with Crippen molar-refractivity contribution in [2.24, 2.45) is 0 Å². The predicted octanol–water partition coefficient (Wildman–Crippen LogP) is 5.00. The van der Waals surface area contributed by atoms with Crippen LogP contribution in [0, 0.1) is 0 Å². The van der Waals surface area contributed by atoms with Crippen LogP contribution in [-0.4, -0.2) is 10.3 Å². The number of nitrogen functional groups attached to an aromatic ring is 2. The van der Waals surface area contributed by atoms with E-state index in [1.807, 2.05) is 30.0 Å². The summed E-state index contributed by atoms with van der Waals surface area (Å²) in [5, 5.41) is 2.07. The summed E-state index contributed by atoms with van der Waals surface area (Å²) in [6.07, 6.45) is 7.35. The molecule has 5 nitrogen and oxygen atoms in total. The molecule has 0 radical (unpaired) electrons. The number of imidazole rings is 1. The van der Waals surface area contributed by atoms with E-state index in [0.29, 0.717) is 23.7 Å². The van der Waals surface area contributed by atoms with Crippen LogP contribution in [0.5, 0.6) is 5.75 Å². The van der Waals surface area contributed by atoms with Gasteiger partial charge in [0.05, 0.1) is 12.2 Å². The number of anilines is 2. The smallest absolute Gasteiger partial charge is 0.243 e. The molecule has 2 aromatic carbocycles. The number of thioether (sulfide) groups is 1. The third-order valence-corrected chi connectivity index (χ3v) is 6.92. The minimum Gasteiger partial charge on any atom is -0.479 e. The summed E-state index contributed by atoms with van der Waals surface area (Å²) in [6, 6.07) is 20.1. The first-order valence-electron chi connectivity index (χ1n) is 10.2. The van der Waals surface area contributed by atoms with Crippen molar-refractivity contribution in [1.29, 1.82) is 0 Å². The minimum absolute atomic E-state index is 0.125. The third-order valence-electron chi connectivity index (χ3n) is 4.86. The Kier molecular flexibility index (Phi) is 7.17. The average molecular weight is 452 g/mol. The molecule has 1 unspecified atom stereocenters. The molecule has 0 spiro atoms. The molecule has 0 saturated carbocycles. The number of nitrogens with zero attached hydrogens (tertiary/aromatic N) is 2. The maximum absolute atomic E-state index is 6.30. The van der Waals surface area contributed by atoms with Gasteiger partial charge < -0.3 is 16.2 Å². The Bertz CT molecular complexity index is 1080. The van der Waals surface area contributed by atoms with Gasteiger partial charge in [-0.3, -0.25) is 0 Å². The first kappa shape index (κ1) is 21.3. The summed E-state index contributed by atoms with van der Waals surface area (Å²) in [7, 11) is 0. The lowest BCUT2D eigenvalue weighted by Crippen LogP contribution is -2.36. The number of thiophene rings is 1. The molecular formula is C24H27N4OS2+. The molecule has 31 heavy (non-hydrogen) atoms. The van der Waals surface area contributed by atoms with E-state index in [-0.39, 0.29) is 6.10 Å². The van der Waals surface area contributed by atoms with Crippen molar-refractivity contribution >= 4 is 34.5 Å². The van der Waals surface area contributed by atoms with E-state index in [0.717, 1.165) is 23.6 Å². The number of rotatable bonds is 10. The first-order chi connectivity index (χ1) is 15.2. The lowest BCUT2D eigenvalue weighted by molar-refractivity contribution is -0.703. The fourth-order valence-electron chi connectivity index (χ4n) is 3.31. The Balaban J connectivity index is 1.36. The highest BCUT2D eigenvalue weighted by atomic mass is 32.2. The van der Waals surface area contributed by atoms with Gasteiger partial charge in [0, 0.05) is 21.2 Å². The Hall–Kier alpha value is -2.90. The highest BCUT2D eigenvalue weighted by Gasteiger charge is 2.20. The molecular weight excluding hydrogens is 424 g/mol. The Morgan fingerprint density at radius 2 is 1.94 bits per heavy atom. The Morgan fingerprint density at radius 1 is 1.06 bits per heavy atom. The van der Waals surface area contributed by atoms with Crippen molar-refractivity contribution in [2.45, 2.75) is 30.5 Å². The van der Waals surface area contributed by atoms with Gasteiger partial charge in [-0.05, 0) is 48.2 Å². The quantitative estimate of drug-likeness (QED) is 0.154. The highest BCUT2D eigenvalue weighted by molar-refractivity contribution is 7.99. The van der Waals surface area contributed by atoms with Crippen LogP contribution in [0.1, 0.15) is 17.4 Å². The summed E-state index contributed by atoms with van der Waals surface area (Å²) in [5.74, 6) is 1.75. The van der Waals surface area contributed by atoms with Gasteiger partial charge in [-0.2, -0.15) is 0 Å². The molecule has 0 aliphatic rings. The zero-order valence-corrected chi connectivity index (χ0v) is 18.9. The maximum atomic E-state index is 6.30. The lowest BCUT2D eigenvalue weighted by atomic mass is 10.2. The van der Waals surface area contributed by atoms with Crippen molar-refractivity contribution < 1.29 is 9.30 Å². The van der Waals surface area contributed by atoms with Crippen LogP contribution in [-0.2, 0) is 13.1 Å². The monoisotopic (exact) mass is 451 g/mol. The largest absolute Gasteiger partial charge is 0.479 e. The standard InChI is InChI=1S/C24H27N4OS2/c25-19-9-10-22(21(26)16-19)29-23(24-8-4-14-31-24)17-28-13-12-27(18-28)11-5-15-30-20-6-2-1-3-7-20/h1-4,6-10,12-14,16,18,23H,5,11,15,17,25-26H2/q+1. The van der Waals surface area contributed by atoms with Crippen molar-refractivity contribution in [3.05, 3.63) is 89.6 Å². The number of aromatic nitrogens is 2. The second kappa shape index (κ2) is 10.4. The van der Waals surface area contributed by atoms with E-state index in [2.05, 4.69) is 69.6 Å². The number of ether oxygens (including phenoxy) is 1. The molecule has 4 aromatic rings. The van der Waals surface area contributed by atoms with E-state index < -0.39 is 0 Å². The van der Waals surface area contributed by atoms with Crippen LogP contribution in [0.3, 0.4) is 0 Å². The summed E-state index contributed by atoms with van der Waals surface area (Å²) in [6.45, 7) is 1.69. The van der Waals surface area contributed by atoms with Gasteiger partial charge in [-0.1, -0.05) is 24.3 Å². The molecule has 1 atom stereocenters. The van der Waals surface area contributed by atoms with Gasteiger partial charge in [-0.25, -0.2) is 9.13 Å². The van der Waals surface area contributed by atoms with Crippen LogP contribution < -0.4 is 20.8 Å². The molecule has 2 heterocycles. The number of aryl methyl sites for hydroxylation is 1. The molecule has 4 N–H and O–H groups in total. The van der Waals surface area contributed by atoms with Crippen LogP contribution in [0.15, 0.2) is 89.7 Å². The average Bonchev–Trinajstić information content (AvgIpc) is 3.46. The fourth-order valence-corrected chi connectivity index (χ4v) is 4.92. The molecule has 160 valence electrons. The van der Waals surface area contributed by atoms with Gasteiger partial charge >= 0.3 is 0 Å². The normalized spacial score (nSPS) is 12.0. The number of hydrogen-bond donors (Lipinski definition) is 2. The number of benzene rings is 2. The lowest BCUT2D eigenvalue weighted by Gasteiger charge is -2.18. The SMILES string of the molecule is Nc1ccc(OC(C[n+]2ccn(CCCSc3ccccc3)c2)c2cccs2)c(N)c1. The number of hydrogen-bond acceptors (Lipinski definition) is 5. The molecule has 0 fully saturated rings. The summed E-state index contributed by atoms with van der Waals surface area (Å²) in [5.41, 5.74) is 13.1. The topological polar surface area (TPSA) is 70.1 Å². The minimum atomic E-state index is -0.125. The van der Waals surface area contributed by atoms with E-state index in [1.54, 1.807) is 17.4 Å². The van der Waals surface area contributed by atoms with Gasteiger partial charge in [-0.15, -0.1) is 23.1 Å². The van der Waals surface area contributed by atoms with Gasteiger partial charge in [0.1, 0.15) is 24.7 Å². The van der Waals surface area contributed by atoms with Crippen molar-refractivity contribution in [2.75, 3.05) is 17.2 Å². The summed E-state index contributed by atoms with van der Waals surface area (Å²) < 4.78 is 10.7. The van der Waals surface area contributed by atoms with Crippen LogP contribution in [0.4, 0.5) is 11.4 Å². The van der Waals surface area contributed by atoms with Crippen molar-refractivity contribution in [1.82, 2.24) is 4.57 Å². The van der Waals surface area contributed by atoms with Gasteiger partial charge in [0.25, 0.3) is 0 Å². The van der Waals surface area contributed by atoms with Crippen LogP contribution >= 0.6 is 23.1 Å².